The number of nitrogens with zero attached hydrogens (tertiary/aromatic N) is 1. The molecule has 282 valence electrons. The third-order valence-electron chi connectivity index (χ3n) is 13.1. The van der Waals surface area contributed by atoms with Crippen molar-refractivity contribution in [3.8, 4) is 55.6 Å². The molecular weight excluding hydrogens is 711 g/mol. The molecule has 1 heteroatoms. The van der Waals surface area contributed by atoms with Gasteiger partial charge in [-0.05, 0) is 104 Å². The molecule has 0 heterocycles. The van der Waals surface area contributed by atoms with E-state index in [1.54, 1.807) is 0 Å². The van der Waals surface area contributed by atoms with Gasteiger partial charge in [-0.3, -0.25) is 0 Å². The van der Waals surface area contributed by atoms with Crippen molar-refractivity contribution in [2.75, 3.05) is 4.90 Å². The zero-order valence-corrected chi connectivity index (χ0v) is 33.2. The molecule has 0 aliphatic heterocycles. The van der Waals surface area contributed by atoms with Crippen LogP contribution >= 0.6 is 0 Å². The average Bonchev–Trinajstić information content (AvgIpc) is 3.58. The summed E-state index contributed by atoms with van der Waals surface area (Å²) in [6, 6.07) is 78.7. The standard InChI is InChI=1S/C58H45N/c1-3-19-41(20-4-1)47-24-7-8-25-48(47)49-26-9-10-27-50(49)51-28-12-14-33-55(51)59(44-37-35-43(36-38-44)46-30-17-22-42-21-5-6-23-45(42)46)56-34-18-32-54-57(56)52-29-11-13-31-53(52)58(54)39-15-2-16-40-58/h1,3-14,17-38H,2,15-16,39-40H2. The molecule has 11 rings (SSSR count). The van der Waals surface area contributed by atoms with Gasteiger partial charge in [0.25, 0.3) is 0 Å². The van der Waals surface area contributed by atoms with Gasteiger partial charge in [0.2, 0.25) is 0 Å². The van der Waals surface area contributed by atoms with Gasteiger partial charge >= 0.3 is 0 Å². The van der Waals surface area contributed by atoms with E-state index in [0.29, 0.717) is 0 Å². The summed E-state index contributed by atoms with van der Waals surface area (Å²) in [5.74, 6) is 0. The van der Waals surface area contributed by atoms with Gasteiger partial charge in [0.05, 0.1) is 11.4 Å². The van der Waals surface area contributed by atoms with Crippen molar-refractivity contribution in [1.29, 1.82) is 0 Å². The smallest absolute Gasteiger partial charge is 0.0543 e. The highest BCUT2D eigenvalue weighted by Crippen LogP contribution is 2.59. The first-order valence-corrected chi connectivity index (χ1v) is 21.2. The Labute approximate surface area is 347 Å². The van der Waals surface area contributed by atoms with E-state index in [2.05, 4.69) is 217 Å². The SMILES string of the molecule is c1ccc(-c2ccccc2-c2ccccc2-c2ccccc2N(c2ccc(-c3cccc4ccccc34)cc2)c2cccc3c2-c2ccccc2C32CCCCC2)cc1. The van der Waals surface area contributed by atoms with Gasteiger partial charge in [-0.1, -0.05) is 207 Å². The van der Waals surface area contributed by atoms with Crippen LogP contribution in [0.1, 0.15) is 43.2 Å². The van der Waals surface area contributed by atoms with E-state index in [4.69, 9.17) is 0 Å². The molecule has 1 nitrogen and oxygen atoms in total. The molecule has 9 aromatic rings. The van der Waals surface area contributed by atoms with Crippen LogP contribution in [0.25, 0.3) is 66.4 Å². The van der Waals surface area contributed by atoms with E-state index in [1.807, 2.05) is 0 Å². The predicted molar refractivity (Wildman–Crippen MR) is 250 cm³/mol. The van der Waals surface area contributed by atoms with Crippen LogP contribution in [0, 0.1) is 0 Å². The summed E-state index contributed by atoms with van der Waals surface area (Å²) in [5, 5.41) is 2.53. The first-order valence-electron chi connectivity index (χ1n) is 21.2. The Bertz CT molecular complexity index is 2960. The van der Waals surface area contributed by atoms with Crippen molar-refractivity contribution in [2.24, 2.45) is 0 Å². The minimum atomic E-state index is 0.0529. The maximum absolute atomic E-state index is 2.56. The van der Waals surface area contributed by atoms with Gasteiger partial charge < -0.3 is 4.90 Å². The van der Waals surface area contributed by atoms with Crippen molar-refractivity contribution in [3.05, 3.63) is 223 Å². The fraction of sp³-hybridized carbons (Fsp3) is 0.103. The fourth-order valence-corrected chi connectivity index (χ4v) is 10.5. The lowest BCUT2D eigenvalue weighted by Crippen LogP contribution is -2.28. The summed E-state index contributed by atoms with van der Waals surface area (Å²) in [7, 11) is 0. The number of benzene rings is 9. The van der Waals surface area contributed by atoms with Crippen molar-refractivity contribution in [3.63, 3.8) is 0 Å². The molecule has 0 saturated heterocycles. The first-order chi connectivity index (χ1) is 29.3. The van der Waals surface area contributed by atoms with Crippen LogP contribution in [0.15, 0.2) is 212 Å². The number of fused-ring (bicyclic) bond motifs is 6. The Balaban J connectivity index is 1.14. The normalized spacial score (nSPS) is 13.9. The van der Waals surface area contributed by atoms with Gasteiger partial charge in [0.15, 0.2) is 0 Å². The van der Waals surface area contributed by atoms with Crippen molar-refractivity contribution < 1.29 is 0 Å². The van der Waals surface area contributed by atoms with E-state index >= 15 is 0 Å². The zero-order chi connectivity index (χ0) is 39.2. The third kappa shape index (κ3) is 5.92. The molecule has 0 amide bonds. The largest absolute Gasteiger partial charge is 0.309 e. The average molecular weight is 756 g/mol. The molecule has 0 radical (unpaired) electrons. The molecule has 1 saturated carbocycles. The highest BCUT2D eigenvalue weighted by Gasteiger charge is 2.45. The first kappa shape index (κ1) is 35.2. The van der Waals surface area contributed by atoms with E-state index < -0.39 is 0 Å². The molecule has 9 aromatic carbocycles. The molecule has 0 unspecified atom stereocenters. The molecule has 59 heavy (non-hydrogen) atoms. The lowest BCUT2D eigenvalue weighted by molar-refractivity contribution is 0.353. The summed E-state index contributed by atoms with van der Waals surface area (Å²) in [6.07, 6.45) is 6.24. The van der Waals surface area contributed by atoms with Gasteiger partial charge in [0.1, 0.15) is 0 Å². The Hall–Kier alpha value is -6.96. The second-order valence-electron chi connectivity index (χ2n) is 16.3. The molecule has 2 aliphatic rings. The maximum atomic E-state index is 2.56. The second kappa shape index (κ2) is 14.8. The van der Waals surface area contributed by atoms with Gasteiger partial charge in [0, 0.05) is 22.2 Å². The van der Waals surface area contributed by atoms with Crippen LogP contribution in [0.3, 0.4) is 0 Å². The fourth-order valence-electron chi connectivity index (χ4n) is 10.5. The summed E-state index contributed by atoms with van der Waals surface area (Å²) in [6.45, 7) is 0. The minimum Gasteiger partial charge on any atom is -0.309 e. The Morgan fingerprint density at radius 2 is 0.831 bits per heavy atom. The van der Waals surface area contributed by atoms with Gasteiger partial charge in [-0.25, -0.2) is 0 Å². The lowest BCUT2D eigenvalue weighted by Gasteiger charge is -2.36. The number of hydrogen-bond donors (Lipinski definition) is 0. The summed E-state index contributed by atoms with van der Waals surface area (Å²) >= 11 is 0. The van der Waals surface area contributed by atoms with Crippen LogP contribution in [-0.2, 0) is 5.41 Å². The van der Waals surface area contributed by atoms with E-state index in [-0.39, 0.29) is 5.41 Å². The summed E-state index contributed by atoms with van der Waals surface area (Å²) < 4.78 is 0. The number of rotatable bonds is 7. The van der Waals surface area contributed by atoms with E-state index in [1.165, 1.54) is 115 Å². The topological polar surface area (TPSA) is 3.24 Å². The maximum Gasteiger partial charge on any atom is 0.0543 e. The Morgan fingerprint density at radius 1 is 0.322 bits per heavy atom. The molecule has 1 spiro atoms. The van der Waals surface area contributed by atoms with Crippen LogP contribution in [0.5, 0.6) is 0 Å². The Kier molecular flexibility index (Phi) is 8.81. The summed E-state index contributed by atoms with van der Waals surface area (Å²) in [4.78, 5) is 2.56. The molecule has 0 N–H and O–H groups in total. The molecule has 1 fully saturated rings. The summed E-state index contributed by atoms with van der Waals surface area (Å²) in [5.41, 5.74) is 19.1. The van der Waals surface area contributed by atoms with Crippen molar-refractivity contribution >= 4 is 27.8 Å². The molecule has 0 bridgehead atoms. The van der Waals surface area contributed by atoms with E-state index in [0.717, 1.165) is 11.4 Å². The molecule has 0 atom stereocenters. The predicted octanol–water partition coefficient (Wildman–Crippen LogP) is 16.2. The van der Waals surface area contributed by atoms with Gasteiger partial charge in [-0.2, -0.15) is 0 Å². The van der Waals surface area contributed by atoms with Crippen molar-refractivity contribution in [1.82, 2.24) is 0 Å². The molecular formula is C58H45N. The van der Waals surface area contributed by atoms with Crippen molar-refractivity contribution in [2.45, 2.75) is 37.5 Å². The Morgan fingerprint density at radius 3 is 1.61 bits per heavy atom. The zero-order valence-electron chi connectivity index (χ0n) is 33.2. The minimum absolute atomic E-state index is 0.0529. The van der Waals surface area contributed by atoms with E-state index in [9.17, 15) is 0 Å². The van der Waals surface area contributed by atoms with Gasteiger partial charge in [-0.15, -0.1) is 0 Å². The van der Waals surface area contributed by atoms with Crippen LogP contribution < -0.4 is 4.90 Å². The highest BCUT2D eigenvalue weighted by molar-refractivity contribution is 6.02. The quantitative estimate of drug-likeness (QED) is 0.157. The number of anilines is 3. The molecule has 0 aromatic heterocycles. The highest BCUT2D eigenvalue weighted by atomic mass is 15.1. The number of para-hydroxylation sites is 1. The third-order valence-corrected chi connectivity index (χ3v) is 13.1. The number of hydrogen-bond acceptors (Lipinski definition) is 1. The molecule has 2 aliphatic carbocycles. The van der Waals surface area contributed by atoms with Crippen LogP contribution in [-0.4, -0.2) is 0 Å². The monoisotopic (exact) mass is 755 g/mol. The van der Waals surface area contributed by atoms with Crippen LogP contribution in [0.4, 0.5) is 17.1 Å². The second-order valence-corrected chi connectivity index (χ2v) is 16.3. The van der Waals surface area contributed by atoms with Crippen LogP contribution in [0.2, 0.25) is 0 Å². The lowest BCUT2D eigenvalue weighted by atomic mass is 9.68.